The highest BCUT2D eigenvalue weighted by Crippen LogP contribution is 2.42. The molecule has 0 aliphatic heterocycles. The van der Waals surface area contributed by atoms with Crippen LogP contribution in [-0.2, 0) is 11.8 Å². The first-order valence-corrected chi connectivity index (χ1v) is 18.4. The van der Waals surface area contributed by atoms with Crippen LogP contribution in [0.2, 0.25) is 0 Å². The SMILES string of the molecule is CCc1ccc(-c2ccccc2-c2cc(-c3ccccc3-c3ccc(C(C)C)cc3)cc(-c3ccccc3-c3ccc(C(C)(C)C)cc3)c2)cc1. The average molecular weight is 661 g/mol. The molecule has 0 aliphatic rings. The third kappa shape index (κ3) is 7.24. The van der Waals surface area contributed by atoms with Crippen molar-refractivity contribution in [2.45, 2.75) is 59.3 Å². The molecule has 0 heterocycles. The first kappa shape index (κ1) is 34.0. The summed E-state index contributed by atoms with van der Waals surface area (Å²) >= 11 is 0. The van der Waals surface area contributed by atoms with E-state index in [0.717, 1.165) is 6.42 Å². The lowest BCUT2D eigenvalue weighted by Crippen LogP contribution is -2.10. The van der Waals surface area contributed by atoms with Crippen molar-refractivity contribution < 1.29 is 0 Å². The van der Waals surface area contributed by atoms with Crippen LogP contribution in [0.4, 0.5) is 0 Å². The molecular weight excluding hydrogens is 613 g/mol. The summed E-state index contributed by atoms with van der Waals surface area (Å²) in [5, 5.41) is 0. The Morgan fingerprint density at radius 2 is 0.706 bits per heavy atom. The van der Waals surface area contributed by atoms with Crippen molar-refractivity contribution in [2.24, 2.45) is 0 Å². The number of hydrogen-bond acceptors (Lipinski definition) is 0. The molecular formula is C51H48. The second kappa shape index (κ2) is 14.4. The minimum absolute atomic E-state index is 0.105. The third-order valence-corrected chi connectivity index (χ3v) is 10.3. The smallest absolute Gasteiger partial charge is 0.0105 e. The molecule has 0 fully saturated rings. The maximum absolute atomic E-state index is 2.39. The Balaban J connectivity index is 1.44. The highest BCUT2D eigenvalue weighted by molar-refractivity contribution is 5.94. The summed E-state index contributed by atoms with van der Waals surface area (Å²) in [5.74, 6) is 0.497. The van der Waals surface area contributed by atoms with E-state index in [2.05, 4.69) is 205 Å². The van der Waals surface area contributed by atoms with Crippen LogP contribution in [0.15, 0.2) is 164 Å². The van der Waals surface area contributed by atoms with Crippen molar-refractivity contribution in [3.63, 3.8) is 0 Å². The first-order chi connectivity index (χ1) is 24.7. The average Bonchev–Trinajstić information content (AvgIpc) is 3.17. The monoisotopic (exact) mass is 660 g/mol. The maximum Gasteiger partial charge on any atom is -0.0105 e. The summed E-state index contributed by atoms with van der Waals surface area (Å²) in [6, 6.07) is 61.1. The summed E-state index contributed by atoms with van der Waals surface area (Å²) in [6.45, 7) is 13.5. The van der Waals surface area contributed by atoms with Crippen molar-refractivity contribution >= 4 is 0 Å². The normalized spacial score (nSPS) is 11.6. The molecule has 51 heavy (non-hydrogen) atoms. The summed E-state index contributed by atoms with van der Waals surface area (Å²) in [6.07, 6.45) is 1.03. The Labute approximate surface area is 305 Å². The van der Waals surface area contributed by atoms with Crippen molar-refractivity contribution in [1.29, 1.82) is 0 Å². The van der Waals surface area contributed by atoms with Crippen molar-refractivity contribution in [3.05, 3.63) is 180 Å². The van der Waals surface area contributed by atoms with E-state index in [1.165, 1.54) is 83.5 Å². The van der Waals surface area contributed by atoms with E-state index in [4.69, 9.17) is 0 Å². The summed E-state index contributed by atoms with van der Waals surface area (Å²) in [5.41, 5.74) is 18.9. The molecule has 0 radical (unpaired) electrons. The van der Waals surface area contributed by atoms with Gasteiger partial charge in [-0.3, -0.25) is 0 Å². The van der Waals surface area contributed by atoms with Crippen LogP contribution >= 0.6 is 0 Å². The first-order valence-electron chi connectivity index (χ1n) is 18.4. The van der Waals surface area contributed by atoms with Crippen molar-refractivity contribution in [1.82, 2.24) is 0 Å². The van der Waals surface area contributed by atoms with E-state index in [1.54, 1.807) is 0 Å². The van der Waals surface area contributed by atoms with Gasteiger partial charge in [0.25, 0.3) is 0 Å². The molecule has 0 atom stereocenters. The minimum atomic E-state index is 0.105. The molecule has 0 N–H and O–H groups in total. The Morgan fingerprint density at radius 1 is 0.392 bits per heavy atom. The summed E-state index contributed by atoms with van der Waals surface area (Å²) in [4.78, 5) is 0. The van der Waals surface area contributed by atoms with E-state index in [9.17, 15) is 0 Å². The second-order valence-corrected chi connectivity index (χ2v) is 15.1. The van der Waals surface area contributed by atoms with E-state index >= 15 is 0 Å². The summed E-state index contributed by atoms with van der Waals surface area (Å²) in [7, 11) is 0. The highest BCUT2D eigenvalue weighted by atomic mass is 14.2. The molecule has 0 amide bonds. The van der Waals surface area contributed by atoms with Crippen LogP contribution in [0.1, 0.15) is 64.2 Å². The fraction of sp³-hybridized carbons (Fsp3) is 0.176. The standard InChI is InChI=1S/C51H48/c1-7-36-20-22-38(23-21-36)45-14-8-11-17-48(45)41-32-42(49-18-12-9-15-46(49)39-26-24-37(25-27-39)35(2)3)34-43(33-41)50-19-13-10-16-47(50)40-28-30-44(31-29-40)51(4,5)6/h8-35H,7H2,1-6H3. The van der Waals surface area contributed by atoms with Crippen LogP contribution in [0.25, 0.3) is 66.8 Å². The van der Waals surface area contributed by atoms with Gasteiger partial charge in [-0.05, 0) is 119 Å². The van der Waals surface area contributed by atoms with Gasteiger partial charge in [0.05, 0.1) is 0 Å². The summed E-state index contributed by atoms with van der Waals surface area (Å²) < 4.78 is 0. The van der Waals surface area contributed by atoms with Gasteiger partial charge in [-0.2, -0.15) is 0 Å². The molecule has 0 spiro atoms. The Kier molecular flexibility index (Phi) is 9.61. The molecule has 0 saturated carbocycles. The molecule has 0 nitrogen and oxygen atoms in total. The molecule has 0 aromatic heterocycles. The zero-order valence-corrected chi connectivity index (χ0v) is 30.9. The lowest BCUT2D eigenvalue weighted by atomic mass is 9.84. The molecule has 0 heteroatoms. The molecule has 0 unspecified atom stereocenters. The van der Waals surface area contributed by atoms with Crippen molar-refractivity contribution in [3.8, 4) is 66.8 Å². The van der Waals surface area contributed by atoms with Gasteiger partial charge in [-0.15, -0.1) is 0 Å². The van der Waals surface area contributed by atoms with E-state index in [-0.39, 0.29) is 5.41 Å². The maximum atomic E-state index is 2.39. The molecule has 0 aliphatic carbocycles. The topological polar surface area (TPSA) is 0 Å². The van der Waals surface area contributed by atoms with Gasteiger partial charge in [0.15, 0.2) is 0 Å². The molecule has 0 saturated heterocycles. The molecule has 252 valence electrons. The molecule has 7 aromatic carbocycles. The number of benzene rings is 7. The van der Waals surface area contributed by atoms with Gasteiger partial charge in [-0.25, -0.2) is 0 Å². The number of rotatable bonds is 8. The largest absolute Gasteiger partial charge is 0.0616 e. The van der Waals surface area contributed by atoms with Gasteiger partial charge in [0.2, 0.25) is 0 Å². The zero-order valence-electron chi connectivity index (χ0n) is 30.9. The molecule has 7 rings (SSSR count). The Hall–Kier alpha value is -5.46. The predicted octanol–water partition coefficient (Wildman–Crippen LogP) is 14.7. The number of aryl methyl sites for hydroxylation is 1. The van der Waals surface area contributed by atoms with E-state index in [1.807, 2.05) is 0 Å². The van der Waals surface area contributed by atoms with Crippen LogP contribution in [0.3, 0.4) is 0 Å². The number of hydrogen-bond donors (Lipinski definition) is 0. The second-order valence-electron chi connectivity index (χ2n) is 15.1. The molecule has 7 aromatic rings. The van der Waals surface area contributed by atoms with Gasteiger partial charge < -0.3 is 0 Å². The van der Waals surface area contributed by atoms with Crippen LogP contribution in [-0.4, -0.2) is 0 Å². The lowest BCUT2D eigenvalue weighted by molar-refractivity contribution is 0.590. The van der Waals surface area contributed by atoms with Gasteiger partial charge >= 0.3 is 0 Å². The molecule has 0 bridgehead atoms. The highest BCUT2D eigenvalue weighted by Gasteiger charge is 2.17. The Bertz CT molecular complexity index is 2260. The minimum Gasteiger partial charge on any atom is -0.0616 e. The Morgan fingerprint density at radius 3 is 1.02 bits per heavy atom. The van der Waals surface area contributed by atoms with E-state index in [0.29, 0.717) is 5.92 Å². The van der Waals surface area contributed by atoms with Crippen LogP contribution in [0.5, 0.6) is 0 Å². The third-order valence-electron chi connectivity index (χ3n) is 10.3. The van der Waals surface area contributed by atoms with Gasteiger partial charge in [-0.1, -0.05) is 187 Å². The fourth-order valence-electron chi connectivity index (χ4n) is 7.17. The van der Waals surface area contributed by atoms with Crippen molar-refractivity contribution in [2.75, 3.05) is 0 Å². The fourth-order valence-corrected chi connectivity index (χ4v) is 7.17. The van der Waals surface area contributed by atoms with Crippen LogP contribution < -0.4 is 0 Å². The van der Waals surface area contributed by atoms with Gasteiger partial charge in [0, 0.05) is 0 Å². The zero-order chi connectivity index (χ0) is 35.5. The lowest BCUT2D eigenvalue weighted by Gasteiger charge is -2.20. The predicted molar refractivity (Wildman–Crippen MR) is 221 cm³/mol. The van der Waals surface area contributed by atoms with E-state index < -0.39 is 0 Å². The quantitative estimate of drug-likeness (QED) is 0.152. The van der Waals surface area contributed by atoms with Crippen LogP contribution in [0, 0.1) is 0 Å². The van der Waals surface area contributed by atoms with Gasteiger partial charge in [0.1, 0.15) is 0 Å².